The van der Waals surface area contributed by atoms with Gasteiger partial charge < -0.3 is 36.4 Å². The normalized spacial score (nSPS) is 20.7. The molecule has 13 heteroatoms. The van der Waals surface area contributed by atoms with Gasteiger partial charge in [-0.25, -0.2) is 9.59 Å². The topological polar surface area (TPSA) is 126 Å². The molecule has 0 spiro atoms. The minimum Gasteiger partial charge on any atom is -0.397 e. The van der Waals surface area contributed by atoms with E-state index in [0.717, 1.165) is 55.1 Å². The lowest BCUT2D eigenvalue weighted by Crippen LogP contribution is -2.58. The second-order valence-corrected chi connectivity index (χ2v) is 13.7. The van der Waals surface area contributed by atoms with E-state index in [1.54, 1.807) is 28.4 Å². The van der Waals surface area contributed by atoms with E-state index in [-0.39, 0.29) is 30.4 Å². The van der Waals surface area contributed by atoms with Crippen LogP contribution in [-0.4, -0.2) is 108 Å². The summed E-state index contributed by atoms with van der Waals surface area (Å²) in [7, 11) is 0. The first-order valence-corrected chi connectivity index (χ1v) is 17.0. The van der Waals surface area contributed by atoms with Crippen molar-refractivity contribution in [2.24, 2.45) is 0 Å². The molecular formula is C32H41ClN8O3S. The molecule has 2 aromatic rings. The number of benzene rings is 1. The van der Waals surface area contributed by atoms with Crippen LogP contribution in [0, 0.1) is 12.3 Å². The molecule has 1 aromatic carbocycles. The minimum atomic E-state index is -0.790. The Balaban J connectivity index is 1.11. The van der Waals surface area contributed by atoms with Crippen LogP contribution in [0.5, 0.6) is 0 Å². The van der Waals surface area contributed by atoms with Crippen LogP contribution < -0.4 is 21.7 Å². The summed E-state index contributed by atoms with van der Waals surface area (Å²) in [5, 5.41) is 11.7. The van der Waals surface area contributed by atoms with Crippen molar-refractivity contribution in [1.82, 2.24) is 30.2 Å². The van der Waals surface area contributed by atoms with E-state index in [4.69, 9.17) is 23.8 Å². The van der Waals surface area contributed by atoms with Crippen LogP contribution in [0.2, 0.25) is 5.02 Å². The highest BCUT2D eigenvalue weighted by Crippen LogP contribution is 2.31. The first kappa shape index (κ1) is 31.5. The third kappa shape index (κ3) is 7.02. The average Bonchev–Trinajstić information content (AvgIpc) is 3.53. The van der Waals surface area contributed by atoms with Crippen LogP contribution in [0.1, 0.15) is 41.7 Å². The van der Waals surface area contributed by atoms with Crippen LogP contribution in [0.15, 0.2) is 23.6 Å². The van der Waals surface area contributed by atoms with Gasteiger partial charge in [-0.3, -0.25) is 9.69 Å². The summed E-state index contributed by atoms with van der Waals surface area (Å²) in [5.41, 5.74) is 8.46. The number of nitrogens with zero attached hydrogens (tertiary/aromatic N) is 4. The number of urea groups is 2. The van der Waals surface area contributed by atoms with Gasteiger partial charge in [0.2, 0.25) is 5.91 Å². The molecule has 5 heterocycles. The Kier molecular flexibility index (Phi) is 9.70. The zero-order chi connectivity index (χ0) is 31.5. The van der Waals surface area contributed by atoms with E-state index < -0.39 is 6.04 Å². The Morgan fingerprint density at radius 1 is 1.07 bits per heavy atom. The highest BCUT2D eigenvalue weighted by molar-refractivity contribution is 7.10. The zero-order valence-electron chi connectivity index (χ0n) is 25.4. The van der Waals surface area contributed by atoms with E-state index in [0.29, 0.717) is 67.9 Å². The number of nitrogen functional groups attached to an aromatic ring is 1. The third-order valence-corrected chi connectivity index (χ3v) is 10.8. The number of nitrogens with two attached hydrogens (primary N) is 1. The average molecular weight is 653 g/mol. The largest absolute Gasteiger partial charge is 0.397 e. The summed E-state index contributed by atoms with van der Waals surface area (Å²) in [5.74, 6) is 2.46. The molecule has 4 aliphatic heterocycles. The molecule has 0 aliphatic carbocycles. The van der Waals surface area contributed by atoms with E-state index in [2.05, 4.69) is 26.8 Å². The van der Waals surface area contributed by atoms with Gasteiger partial charge in [-0.1, -0.05) is 17.5 Å². The summed E-state index contributed by atoms with van der Waals surface area (Å²) in [6, 6.07) is 4.74. The fourth-order valence-electron chi connectivity index (χ4n) is 6.97. The predicted molar refractivity (Wildman–Crippen MR) is 177 cm³/mol. The second-order valence-electron chi connectivity index (χ2n) is 12.3. The Hall–Kier alpha value is -3.50. The number of carbonyl (C=O) groups is 3. The molecule has 3 saturated heterocycles. The molecule has 3 fully saturated rings. The maximum Gasteiger partial charge on any atom is 0.322 e. The van der Waals surface area contributed by atoms with Gasteiger partial charge in [0.05, 0.1) is 22.9 Å². The van der Waals surface area contributed by atoms with Crippen molar-refractivity contribution in [3.63, 3.8) is 0 Å². The van der Waals surface area contributed by atoms with Crippen molar-refractivity contribution in [2.75, 3.05) is 63.4 Å². The van der Waals surface area contributed by atoms with E-state index in [1.807, 2.05) is 21.2 Å². The number of amides is 5. The molecule has 1 atom stereocenters. The van der Waals surface area contributed by atoms with Crippen molar-refractivity contribution in [3.8, 4) is 12.3 Å². The second kappa shape index (κ2) is 13.9. The molecule has 6 rings (SSSR count). The zero-order valence-corrected chi connectivity index (χ0v) is 27.0. The van der Waals surface area contributed by atoms with Gasteiger partial charge in [0.25, 0.3) is 0 Å². The van der Waals surface area contributed by atoms with Crippen molar-refractivity contribution < 1.29 is 14.4 Å². The predicted octanol–water partition coefficient (Wildman–Crippen LogP) is 2.99. The lowest BCUT2D eigenvalue weighted by atomic mass is 9.98. The Morgan fingerprint density at radius 2 is 1.76 bits per heavy atom. The first-order valence-electron chi connectivity index (χ1n) is 15.8. The molecule has 240 valence electrons. The van der Waals surface area contributed by atoms with Gasteiger partial charge in [-0.2, -0.15) is 0 Å². The maximum atomic E-state index is 14.0. The Bertz CT molecular complexity index is 1450. The maximum absolute atomic E-state index is 14.0. The summed E-state index contributed by atoms with van der Waals surface area (Å²) in [6.07, 6.45) is 9.05. The van der Waals surface area contributed by atoms with E-state index in [1.165, 1.54) is 0 Å². The molecule has 0 unspecified atom stereocenters. The molecule has 5 amide bonds. The fraction of sp³-hybridized carbons (Fsp3) is 0.531. The number of halogens is 1. The minimum absolute atomic E-state index is 0.0396. The van der Waals surface area contributed by atoms with E-state index in [9.17, 15) is 14.4 Å². The van der Waals surface area contributed by atoms with Gasteiger partial charge in [-0.05, 0) is 54.8 Å². The van der Waals surface area contributed by atoms with Crippen molar-refractivity contribution in [3.05, 3.63) is 44.6 Å². The number of hydrogen-bond acceptors (Lipinski definition) is 7. The number of anilines is 2. The quantitative estimate of drug-likeness (QED) is 0.281. The van der Waals surface area contributed by atoms with Crippen molar-refractivity contribution >= 4 is 52.3 Å². The van der Waals surface area contributed by atoms with Crippen molar-refractivity contribution in [2.45, 2.75) is 56.8 Å². The molecule has 1 aromatic heterocycles. The van der Waals surface area contributed by atoms with Crippen LogP contribution in [-0.2, 0) is 17.8 Å². The molecule has 11 nitrogen and oxygen atoms in total. The summed E-state index contributed by atoms with van der Waals surface area (Å²) in [4.78, 5) is 49.6. The first-order chi connectivity index (χ1) is 21.8. The molecular weight excluding hydrogens is 612 g/mol. The molecule has 0 bridgehead atoms. The number of likely N-dealkylation sites (tertiary alicyclic amines) is 2. The lowest BCUT2D eigenvalue weighted by Gasteiger charge is -2.41. The van der Waals surface area contributed by atoms with Crippen LogP contribution in [0.3, 0.4) is 0 Å². The molecule has 0 saturated carbocycles. The summed E-state index contributed by atoms with van der Waals surface area (Å²) >= 11 is 8.02. The number of hydrogen-bond donors (Lipinski definition) is 4. The van der Waals surface area contributed by atoms with Gasteiger partial charge in [-0.15, -0.1) is 17.8 Å². The van der Waals surface area contributed by atoms with Crippen LogP contribution in [0.25, 0.3) is 0 Å². The fourth-order valence-corrected chi connectivity index (χ4v) is 8.04. The summed E-state index contributed by atoms with van der Waals surface area (Å²) in [6.45, 7) is 6.90. The third-order valence-electron chi connectivity index (χ3n) is 9.58. The standard InChI is InChI=1S/C32H41ClN8O3S/c1-2-22-17-21(18-25(33)29(22)34)19-27(30(42)39-10-3-23(4-11-39)38-14-8-35-9-15-38)37-31(43)40-12-5-24(6-13-40)41-20-28-26(7-16-45-28)36-32(41)44/h1,7,16-18,23-24,27,35H,3-6,8-15,19-20,34H2,(H,36,44)(H,37,43)/t27-/m1/s1. The number of terminal acetylenes is 1. The SMILES string of the molecule is C#Cc1cc(C[C@@H](NC(=O)N2CCC(N3Cc4sccc4NC3=O)CC2)C(=O)N2CCC(N3CCNCC3)CC2)cc(Cl)c1N. The highest BCUT2D eigenvalue weighted by atomic mass is 35.5. The van der Waals surface area contributed by atoms with Gasteiger partial charge in [0.15, 0.2) is 0 Å². The summed E-state index contributed by atoms with van der Waals surface area (Å²) < 4.78 is 0. The Labute approximate surface area is 273 Å². The van der Waals surface area contributed by atoms with Gasteiger partial charge in [0, 0.05) is 81.3 Å². The highest BCUT2D eigenvalue weighted by Gasteiger charge is 2.36. The lowest BCUT2D eigenvalue weighted by molar-refractivity contribution is -0.134. The molecule has 4 aliphatic rings. The van der Waals surface area contributed by atoms with Crippen LogP contribution in [0.4, 0.5) is 21.0 Å². The number of nitrogens with one attached hydrogen (secondary N) is 3. The smallest absolute Gasteiger partial charge is 0.322 e. The number of piperazine rings is 1. The van der Waals surface area contributed by atoms with Crippen LogP contribution >= 0.6 is 22.9 Å². The molecule has 45 heavy (non-hydrogen) atoms. The number of fused-ring (bicyclic) bond motifs is 1. The number of thiophene rings is 1. The number of carbonyl (C=O) groups excluding carboxylic acids is 3. The Morgan fingerprint density at radius 3 is 2.47 bits per heavy atom. The number of piperidine rings is 2. The molecule has 5 N–H and O–H groups in total. The van der Waals surface area contributed by atoms with Crippen molar-refractivity contribution in [1.29, 1.82) is 0 Å². The van der Waals surface area contributed by atoms with E-state index >= 15 is 0 Å². The molecule has 0 radical (unpaired) electrons. The van der Waals surface area contributed by atoms with Gasteiger partial charge in [0.1, 0.15) is 6.04 Å². The monoisotopic (exact) mass is 652 g/mol. The van der Waals surface area contributed by atoms with Gasteiger partial charge >= 0.3 is 12.1 Å². The number of rotatable bonds is 6.